The van der Waals surface area contributed by atoms with Crippen LogP contribution in [0.25, 0.3) is 0 Å². The quantitative estimate of drug-likeness (QED) is 0.414. The molecule has 0 amide bonds. The zero-order valence-corrected chi connectivity index (χ0v) is 8.97. The van der Waals surface area contributed by atoms with Gasteiger partial charge < -0.3 is 0 Å². The molecule has 0 spiro atoms. The van der Waals surface area contributed by atoms with Crippen molar-refractivity contribution in [3.63, 3.8) is 0 Å². The Kier molecular flexibility index (Phi) is 4.08. The first kappa shape index (κ1) is 14.2. The predicted molar refractivity (Wildman–Crippen MR) is 44.0 cm³/mol. The second-order valence-electron chi connectivity index (χ2n) is 2.57. The average Bonchev–Trinajstić information content (AvgIpc) is 2.00. The molecule has 0 aromatic rings. The van der Waals surface area contributed by atoms with E-state index in [4.69, 9.17) is 0 Å². The van der Waals surface area contributed by atoms with Gasteiger partial charge in [0, 0.05) is 0 Å². The van der Waals surface area contributed by atoms with Gasteiger partial charge in [0.15, 0.2) is 0 Å². The molecule has 1 unspecified atom stereocenters. The molecule has 0 bridgehead atoms. The van der Waals surface area contributed by atoms with E-state index in [0.717, 1.165) is 29.5 Å². The third-order valence-electron chi connectivity index (χ3n) is 1.53. The fourth-order valence-electron chi connectivity index (χ4n) is 0.642. The van der Waals surface area contributed by atoms with Crippen molar-refractivity contribution in [2.75, 3.05) is 0 Å². The Bertz CT molecular complexity index is 197. The van der Waals surface area contributed by atoms with Crippen LogP contribution >= 0.6 is 22.6 Å². The lowest BCUT2D eigenvalue weighted by atomic mass is 10.1. The lowest BCUT2D eigenvalue weighted by molar-refractivity contribution is -0.353. The summed E-state index contributed by atoms with van der Waals surface area (Å²) in [4.78, 5) is 0. The smallest absolute Gasteiger partial charge is 0.198 e. The Balaban J connectivity index is 5.07. The lowest BCUT2D eigenvalue weighted by Gasteiger charge is -2.30. The second kappa shape index (κ2) is 4.01. The zero-order valence-electron chi connectivity index (χ0n) is 6.81. The van der Waals surface area contributed by atoms with Crippen LogP contribution in [0.1, 0.15) is 13.3 Å². The van der Waals surface area contributed by atoms with Crippen LogP contribution in [0.2, 0.25) is 0 Å². The minimum absolute atomic E-state index is 0.473. The van der Waals surface area contributed by atoms with Gasteiger partial charge in [0.25, 0.3) is 0 Å². The summed E-state index contributed by atoms with van der Waals surface area (Å²) in [5, 5.41) is 0. The first-order valence-corrected chi connectivity index (χ1v) is 4.69. The molecule has 0 aliphatic carbocycles. The number of hydrogen-bond donors (Lipinski definition) is 0. The molecule has 0 nitrogen and oxygen atoms in total. The predicted octanol–water partition coefficient (Wildman–Crippen LogP) is 4.03. The SMILES string of the molecule is CCC(I)C(F)(F)C(F)(F)C(F)(F)F. The molecule has 0 N–H and O–H groups in total. The van der Waals surface area contributed by atoms with Crippen molar-refractivity contribution in [2.45, 2.75) is 35.3 Å². The molecule has 1 atom stereocenters. The molecule has 0 saturated heterocycles. The monoisotopic (exact) mass is 338 g/mol. The van der Waals surface area contributed by atoms with Crippen LogP contribution in [0.3, 0.4) is 0 Å². The normalized spacial score (nSPS) is 16.9. The molecule has 0 fully saturated rings. The third kappa shape index (κ3) is 2.25. The second-order valence-corrected chi connectivity index (χ2v) is 4.07. The maximum Gasteiger partial charge on any atom is 0.459 e. The Labute approximate surface area is 89.0 Å². The highest BCUT2D eigenvalue weighted by atomic mass is 127. The molecule has 0 rings (SSSR count). The number of rotatable bonds is 3. The summed E-state index contributed by atoms with van der Waals surface area (Å²) in [6.07, 6.45) is -6.70. The van der Waals surface area contributed by atoms with Crippen molar-refractivity contribution < 1.29 is 30.7 Å². The first-order valence-electron chi connectivity index (χ1n) is 3.45. The van der Waals surface area contributed by atoms with Crippen molar-refractivity contribution in [3.05, 3.63) is 0 Å². The van der Waals surface area contributed by atoms with E-state index in [1.165, 1.54) is 0 Å². The molecule has 8 heteroatoms. The fraction of sp³-hybridized carbons (Fsp3) is 1.00. The Hall–Kier alpha value is 0.240. The Morgan fingerprint density at radius 2 is 1.36 bits per heavy atom. The fourth-order valence-corrected chi connectivity index (χ4v) is 1.03. The highest BCUT2D eigenvalue weighted by Gasteiger charge is 2.74. The van der Waals surface area contributed by atoms with Crippen molar-refractivity contribution in [2.24, 2.45) is 0 Å². The number of hydrogen-bond acceptors (Lipinski definition) is 0. The van der Waals surface area contributed by atoms with E-state index >= 15 is 0 Å². The Morgan fingerprint density at radius 1 is 1.00 bits per heavy atom. The average molecular weight is 338 g/mol. The highest BCUT2D eigenvalue weighted by molar-refractivity contribution is 14.1. The van der Waals surface area contributed by atoms with Gasteiger partial charge >= 0.3 is 18.0 Å². The van der Waals surface area contributed by atoms with Crippen LogP contribution in [-0.2, 0) is 0 Å². The molecular weight excluding hydrogens is 332 g/mol. The van der Waals surface area contributed by atoms with Gasteiger partial charge in [-0.15, -0.1) is 0 Å². The summed E-state index contributed by atoms with van der Waals surface area (Å²) < 4.78 is 82.5. The van der Waals surface area contributed by atoms with Crippen LogP contribution in [0.5, 0.6) is 0 Å². The van der Waals surface area contributed by atoms with Crippen LogP contribution in [0, 0.1) is 0 Å². The van der Waals surface area contributed by atoms with Crippen LogP contribution in [0.15, 0.2) is 0 Å². The molecule has 14 heavy (non-hydrogen) atoms. The molecule has 0 aliphatic rings. The van der Waals surface area contributed by atoms with E-state index in [-0.39, 0.29) is 0 Å². The number of halogens is 8. The number of alkyl halides is 8. The Morgan fingerprint density at radius 3 is 1.57 bits per heavy atom. The van der Waals surface area contributed by atoms with E-state index in [1.54, 1.807) is 0 Å². The van der Waals surface area contributed by atoms with Crippen molar-refractivity contribution in [1.82, 2.24) is 0 Å². The van der Waals surface area contributed by atoms with Gasteiger partial charge in [-0.25, -0.2) is 0 Å². The van der Waals surface area contributed by atoms with Gasteiger partial charge in [-0.3, -0.25) is 0 Å². The molecule has 0 aromatic carbocycles. The van der Waals surface area contributed by atoms with Gasteiger partial charge in [0.1, 0.15) is 0 Å². The van der Waals surface area contributed by atoms with Crippen molar-refractivity contribution in [3.8, 4) is 0 Å². The van der Waals surface area contributed by atoms with Crippen LogP contribution < -0.4 is 0 Å². The zero-order chi connectivity index (χ0) is 11.8. The summed E-state index contributed by atoms with van der Waals surface area (Å²) in [7, 11) is 0. The first-order chi connectivity index (χ1) is 5.98. The van der Waals surface area contributed by atoms with Crippen LogP contribution in [0.4, 0.5) is 30.7 Å². The summed E-state index contributed by atoms with van der Waals surface area (Å²) >= 11 is 0.883. The van der Waals surface area contributed by atoms with Crippen LogP contribution in [-0.4, -0.2) is 21.9 Å². The van der Waals surface area contributed by atoms with Gasteiger partial charge in [-0.05, 0) is 6.42 Å². The largest absolute Gasteiger partial charge is 0.459 e. The maximum atomic E-state index is 12.6. The molecule has 0 radical (unpaired) electrons. The molecule has 0 heterocycles. The summed E-state index contributed by atoms with van der Waals surface area (Å²) in [5.41, 5.74) is 0. The summed E-state index contributed by atoms with van der Waals surface area (Å²) in [6.45, 7) is 1.11. The van der Waals surface area contributed by atoms with E-state index < -0.39 is 28.4 Å². The summed E-state index contributed by atoms with van der Waals surface area (Å²) in [5.74, 6) is -11.1. The molecular formula is C6H6F7I. The van der Waals surface area contributed by atoms with E-state index in [0.29, 0.717) is 0 Å². The van der Waals surface area contributed by atoms with Crippen molar-refractivity contribution >= 4 is 22.6 Å². The lowest BCUT2D eigenvalue weighted by Crippen LogP contribution is -2.56. The molecule has 0 aliphatic heterocycles. The minimum Gasteiger partial charge on any atom is -0.198 e. The van der Waals surface area contributed by atoms with Gasteiger partial charge in [0.2, 0.25) is 0 Å². The van der Waals surface area contributed by atoms with E-state index in [1.807, 2.05) is 0 Å². The molecule has 0 saturated carbocycles. The van der Waals surface area contributed by atoms with E-state index in [2.05, 4.69) is 0 Å². The highest BCUT2D eigenvalue weighted by Crippen LogP contribution is 2.50. The molecule has 86 valence electrons. The van der Waals surface area contributed by atoms with Gasteiger partial charge in [-0.1, -0.05) is 29.5 Å². The third-order valence-corrected chi connectivity index (χ3v) is 3.19. The summed E-state index contributed by atoms with van der Waals surface area (Å²) in [6, 6.07) is 0. The minimum atomic E-state index is -6.23. The maximum absolute atomic E-state index is 12.6. The van der Waals surface area contributed by atoms with Gasteiger partial charge in [0.05, 0.1) is 3.92 Å². The topological polar surface area (TPSA) is 0 Å². The molecule has 0 aromatic heterocycles. The van der Waals surface area contributed by atoms with Crippen molar-refractivity contribution in [1.29, 1.82) is 0 Å². The van der Waals surface area contributed by atoms with Gasteiger partial charge in [-0.2, -0.15) is 30.7 Å². The van der Waals surface area contributed by atoms with E-state index in [9.17, 15) is 30.7 Å². The standard InChI is InChI=1S/C6H6F7I/c1-2-3(14)4(7,8)5(9,10)6(11,12)13/h3H,2H2,1H3.